The normalized spacial score (nSPS) is 15.2. The fourth-order valence-corrected chi connectivity index (χ4v) is 3.71. The molecule has 3 aromatic rings. The molecular weight excluding hydrogens is 439 g/mol. The van der Waals surface area contributed by atoms with Gasteiger partial charge in [-0.2, -0.15) is 5.10 Å². The molecule has 3 heterocycles. The molecule has 1 unspecified atom stereocenters. The highest BCUT2D eigenvalue weighted by Gasteiger charge is 2.33. The van der Waals surface area contributed by atoms with Gasteiger partial charge in [0.2, 0.25) is 5.91 Å². The highest BCUT2D eigenvalue weighted by Crippen LogP contribution is 2.35. The Kier molecular flexibility index (Phi) is 5.98. The Morgan fingerprint density at radius 1 is 1.33 bits per heavy atom. The number of rotatable bonds is 7. The van der Waals surface area contributed by atoms with E-state index in [1.807, 2.05) is 6.07 Å². The average Bonchev–Trinajstić information content (AvgIpc) is 3.09. The summed E-state index contributed by atoms with van der Waals surface area (Å²) in [5.41, 5.74) is 2.36. The zero-order valence-corrected chi connectivity index (χ0v) is 17.7. The maximum Gasteiger partial charge on any atom is 0.573 e. The molecule has 33 heavy (non-hydrogen) atoms. The van der Waals surface area contributed by atoms with Crippen molar-refractivity contribution in [3.63, 3.8) is 0 Å². The first-order valence-corrected chi connectivity index (χ1v) is 10.2. The van der Waals surface area contributed by atoms with E-state index in [1.54, 1.807) is 13.1 Å². The summed E-state index contributed by atoms with van der Waals surface area (Å²) >= 11 is 0. The maximum atomic E-state index is 12.5. The largest absolute Gasteiger partial charge is 0.573 e. The number of nitrogens with one attached hydrogen (secondary N) is 1. The first kappa shape index (κ1) is 22.6. The van der Waals surface area contributed by atoms with E-state index in [1.165, 1.54) is 28.9 Å². The minimum absolute atomic E-state index is 0.107. The monoisotopic (exact) mass is 461 g/mol. The molecule has 1 atom stereocenters. The third kappa shape index (κ3) is 4.77. The fraction of sp³-hybridized carbons (Fsp3) is 0.318. The van der Waals surface area contributed by atoms with Crippen LogP contribution in [0.5, 0.6) is 5.75 Å². The Morgan fingerprint density at radius 3 is 2.64 bits per heavy atom. The van der Waals surface area contributed by atoms with Gasteiger partial charge in [-0.15, -0.1) is 13.2 Å². The van der Waals surface area contributed by atoms with Crippen molar-refractivity contribution in [3.8, 4) is 11.4 Å². The molecule has 1 amide bonds. The lowest BCUT2D eigenvalue weighted by atomic mass is 9.93. The van der Waals surface area contributed by atoms with Crippen LogP contribution in [0.25, 0.3) is 16.7 Å². The molecule has 174 valence electrons. The van der Waals surface area contributed by atoms with Crippen molar-refractivity contribution < 1.29 is 27.8 Å². The number of anilines is 1. The van der Waals surface area contributed by atoms with Crippen molar-refractivity contribution in [1.82, 2.24) is 20.1 Å². The number of fused-ring (bicyclic) bond motifs is 1. The van der Waals surface area contributed by atoms with Crippen molar-refractivity contribution >= 4 is 22.6 Å². The molecule has 2 aromatic heterocycles. The van der Waals surface area contributed by atoms with Gasteiger partial charge in [0, 0.05) is 25.2 Å². The van der Waals surface area contributed by atoms with E-state index in [-0.39, 0.29) is 24.1 Å². The number of carbonyl (C=O) groups is 1. The predicted octanol–water partition coefficient (Wildman–Crippen LogP) is 2.94. The number of hydrogen-bond acceptors (Lipinski definition) is 6. The van der Waals surface area contributed by atoms with Crippen LogP contribution in [0.3, 0.4) is 0 Å². The SMILES string of the molecule is C=CC(=O)NCc1nn(-c2ccc(OC(F)(F)F)cc2)c2nccc(N3CC(C(C)O)C3)c12. The van der Waals surface area contributed by atoms with Gasteiger partial charge in [0.05, 0.1) is 35.1 Å². The molecule has 0 aliphatic carbocycles. The number of aliphatic hydroxyl groups is 1. The molecule has 11 heteroatoms. The number of aliphatic hydroxyl groups excluding tert-OH is 1. The number of benzene rings is 1. The molecule has 1 fully saturated rings. The Balaban J connectivity index is 1.73. The number of pyridine rings is 1. The Bertz CT molecular complexity index is 1170. The summed E-state index contributed by atoms with van der Waals surface area (Å²) < 4.78 is 42.9. The summed E-state index contributed by atoms with van der Waals surface area (Å²) in [5, 5.41) is 17.8. The minimum Gasteiger partial charge on any atom is -0.406 e. The van der Waals surface area contributed by atoms with Gasteiger partial charge in [-0.25, -0.2) is 9.67 Å². The molecule has 1 aliphatic rings. The van der Waals surface area contributed by atoms with E-state index in [4.69, 9.17) is 0 Å². The molecule has 0 bridgehead atoms. The van der Waals surface area contributed by atoms with Crippen molar-refractivity contribution in [1.29, 1.82) is 0 Å². The highest BCUT2D eigenvalue weighted by atomic mass is 19.4. The van der Waals surface area contributed by atoms with Crippen LogP contribution < -0.4 is 15.0 Å². The molecule has 8 nitrogen and oxygen atoms in total. The molecule has 0 saturated carbocycles. The number of ether oxygens (including phenoxy) is 1. The first-order chi connectivity index (χ1) is 15.7. The quantitative estimate of drug-likeness (QED) is 0.526. The van der Waals surface area contributed by atoms with Crippen molar-refractivity contribution in [2.45, 2.75) is 25.9 Å². The van der Waals surface area contributed by atoms with Crippen molar-refractivity contribution in [2.24, 2.45) is 5.92 Å². The lowest BCUT2D eigenvalue weighted by Crippen LogP contribution is -2.51. The average molecular weight is 461 g/mol. The Hall–Kier alpha value is -3.60. The van der Waals surface area contributed by atoms with Crippen LogP contribution in [0.4, 0.5) is 18.9 Å². The first-order valence-electron chi connectivity index (χ1n) is 10.2. The van der Waals surface area contributed by atoms with E-state index in [9.17, 15) is 23.1 Å². The Morgan fingerprint density at radius 2 is 2.03 bits per heavy atom. The smallest absolute Gasteiger partial charge is 0.406 e. The summed E-state index contributed by atoms with van der Waals surface area (Å²) in [7, 11) is 0. The van der Waals surface area contributed by atoms with E-state index in [0.29, 0.717) is 35.5 Å². The lowest BCUT2D eigenvalue weighted by molar-refractivity contribution is -0.274. The molecule has 0 radical (unpaired) electrons. The Labute approximate surface area is 187 Å². The summed E-state index contributed by atoms with van der Waals surface area (Å²) in [6.07, 6.45) is -2.43. The topological polar surface area (TPSA) is 92.5 Å². The number of carbonyl (C=O) groups excluding carboxylic acids is 1. The van der Waals surface area contributed by atoms with Gasteiger partial charge in [0.15, 0.2) is 5.65 Å². The van der Waals surface area contributed by atoms with Crippen LogP contribution in [-0.4, -0.2) is 51.3 Å². The van der Waals surface area contributed by atoms with Gasteiger partial charge in [0.1, 0.15) is 5.75 Å². The van der Waals surface area contributed by atoms with Gasteiger partial charge in [0.25, 0.3) is 0 Å². The summed E-state index contributed by atoms with van der Waals surface area (Å²) in [5.74, 6) is -0.567. The maximum absolute atomic E-state index is 12.5. The minimum atomic E-state index is -4.78. The number of amides is 1. The summed E-state index contributed by atoms with van der Waals surface area (Å²) in [4.78, 5) is 18.3. The number of alkyl halides is 3. The molecule has 0 spiro atoms. The molecule has 1 aromatic carbocycles. The molecule has 2 N–H and O–H groups in total. The van der Waals surface area contributed by atoms with Gasteiger partial charge in [-0.1, -0.05) is 6.58 Å². The van der Waals surface area contributed by atoms with Gasteiger partial charge in [-0.3, -0.25) is 4.79 Å². The van der Waals surface area contributed by atoms with Crippen molar-refractivity contribution in [2.75, 3.05) is 18.0 Å². The van der Waals surface area contributed by atoms with E-state index in [0.717, 1.165) is 11.8 Å². The van der Waals surface area contributed by atoms with Crippen LogP contribution in [0.15, 0.2) is 49.2 Å². The van der Waals surface area contributed by atoms with Gasteiger partial charge in [-0.05, 0) is 43.3 Å². The van der Waals surface area contributed by atoms with Crippen LogP contribution in [0.2, 0.25) is 0 Å². The molecule has 1 aliphatic heterocycles. The predicted molar refractivity (Wildman–Crippen MR) is 115 cm³/mol. The summed E-state index contributed by atoms with van der Waals surface area (Å²) in [6.45, 7) is 6.62. The molecule has 1 saturated heterocycles. The number of hydrogen-bond donors (Lipinski definition) is 2. The third-order valence-corrected chi connectivity index (χ3v) is 5.48. The zero-order chi connectivity index (χ0) is 23.8. The van der Waals surface area contributed by atoms with E-state index < -0.39 is 12.5 Å². The second-order valence-electron chi connectivity index (χ2n) is 7.76. The van der Waals surface area contributed by atoms with Crippen molar-refractivity contribution in [3.05, 3.63) is 54.9 Å². The van der Waals surface area contributed by atoms with Crippen LogP contribution in [0.1, 0.15) is 12.6 Å². The third-order valence-electron chi connectivity index (χ3n) is 5.48. The van der Waals surface area contributed by atoms with E-state index >= 15 is 0 Å². The number of aromatic nitrogens is 3. The standard InChI is InChI=1S/C22H22F3N5O3/c1-3-19(32)27-10-17-20-18(29-11-14(12-29)13(2)31)8-9-26-21(20)30(28-17)15-4-6-16(7-5-15)33-22(23,24)25/h3-9,13-14,31H,1,10-12H2,2H3,(H,27,32). The fourth-order valence-electron chi connectivity index (χ4n) is 3.71. The molecule has 4 rings (SSSR count). The highest BCUT2D eigenvalue weighted by molar-refractivity contribution is 5.94. The van der Waals surface area contributed by atoms with E-state index in [2.05, 4.69) is 31.6 Å². The number of nitrogens with zero attached hydrogens (tertiary/aromatic N) is 4. The van der Waals surface area contributed by atoms with Gasteiger partial charge >= 0.3 is 6.36 Å². The van der Waals surface area contributed by atoms with Crippen LogP contribution in [-0.2, 0) is 11.3 Å². The van der Waals surface area contributed by atoms with Crippen LogP contribution in [0, 0.1) is 5.92 Å². The molecular formula is C22H22F3N5O3. The second kappa shape index (κ2) is 8.74. The van der Waals surface area contributed by atoms with Gasteiger partial charge < -0.3 is 20.1 Å². The second-order valence-corrected chi connectivity index (χ2v) is 7.76. The lowest BCUT2D eigenvalue weighted by Gasteiger charge is -2.42. The van der Waals surface area contributed by atoms with Crippen LogP contribution >= 0.6 is 0 Å². The zero-order valence-electron chi connectivity index (χ0n) is 17.7. The summed E-state index contributed by atoms with van der Waals surface area (Å²) in [6, 6.07) is 7.12. The number of halogens is 3.